The van der Waals surface area contributed by atoms with Crippen molar-refractivity contribution in [3.8, 4) is 5.75 Å². The number of carbonyl (C=O) groups is 1. The van der Waals surface area contributed by atoms with Gasteiger partial charge in [-0.25, -0.2) is 4.99 Å². The third-order valence-electron chi connectivity index (χ3n) is 6.04. The van der Waals surface area contributed by atoms with E-state index in [4.69, 9.17) is 9.73 Å². The van der Waals surface area contributed by atoms with E-state index in [1.807, 2.05) is 103 Å². The van der Waals surface area contributed by atoms with Gasteiger partial charge in [0.15, 0.2) is 5.17 Å². The van der Waals surface area contributed by atoms with Crippen molar-refractivity contribution in [3.63, 3.8) is 0 Å². The number of carbonyl (C=O) groups excluding carboxylic acids is 1. The standard InChI is InChI=1S/C32H28N2O2S/c1-24-12-16-28(17-13-24)33-32-34(21-20-25-8-4-2-5-9-25)31(35)30(37-32)22-26-14-18-29(19-15-26)36-23-27-10-6-3-7-11-27/h2-19,22H,20-21,23H2,1H3/b30-22+,33-32?. The Morgan fingerprint density at radius 1 is 0.811 bits per heavy atom. The molecule has 1 aliphatic heterocycles. The summed E-state index contributed by atoms with van der Waals surface area (Å²) in [6, 6.07) is 36.2. The van der Waals surface area contributed by atoms with Crippen molar-refractivity contribution in [1.82, 2.24) is 4.90 Å². The highest BCUT2D eigenvalue weighted by Gasteiger charge is 2.33. The molecule has 0 N–H and O–H groups in total. The molecule has 5 heteroatoms. The van der Waals surface area contributed by atoms with E-state index in [2.05, 4.69) is 19.1 Å². The Hall–Kier alpha value is -4.09. The van der Waals surface area contributed by atoms with E-state index in [-0.39, 0.29) is 5.91 Å². The largest absolute Gasteiger partial charge is 0.489 e. The van der Waals surface area contributed by atoms with Crippen LogP contribution in [0.4, 0.5) is 5.69 Å². The fourth-order valence-electron chi connectivity index (χ4n) is 3.96. The molecule has 1 saturated heterocycles. The van der Waals surface area contributed by atoms with Crippen molar-refractivity contribution in [2.75, 3.05) is 6.54 Å². The van der Waals surface area contributed by atoms with Crippen molar-refractivity contribution in [2.45, 2.75) is 20.0 Å². The summed E-state index contributed by atoms with van der Waals surface area (Å²) in [6.45, 7) is 3.14. The summed E-state index contributed by atoms with van der Waals surface area (Å²) < 4.78 is 5.90. The van der Waals surface area contributed by atoms with Gasteiger partial charge < -0.3 is 4.74 Å². The molecule has 0 bridgehead atoms. The molecule has 0 spiro atoms. The molecule has 37 heavy (non-hydrogen) atoms. The van der Waals surface area contributed by atoms with Crippen LogP contribution in [0.2, 0.25) is 0 Å². The minimum absolute atomic E-state index is 0.0174. The molecular weight excluding hydrogens is 476 g/mol. The van der Waals surface area contributed by atoms with Crippen LogP contribution in [0, 0.1) is 6.92 Å². The second-order valence-electron chi connectivity index (χ2n) is 8.88. The lowest BCUT2D eigenvalue weighted by Gasteiger charge is -2.15. The molecule has 0 aromatic heterocycles. The number of hydrogen-bond donors (Lipinski definition) is 0. The van der Waals surface area contributed by atoms with Crippen LogP contribution in [-0.2, 0) is 17.8 Å². The number of amidine groups is 1. The van der Waals surface area contributed by atoms with Crippen molar-refractivity contribution >= 4 is 34.6 Å². The van der Waals surface area contributed by atoms with Gasteiger partial charge in [0.25, 0.3) is 5.91 Å². The minimum Gasteiger partial charge on any atom is -0.489 e. The Labute approximate surface area is 222 Å². The van der Waals surface area contributed by atoms with Crippen LogP contribution in [-0.4, -0.2) is 22.5 Å². The molecule has 184 valence electrons. The van der Waals surface area contributed by atoms with E-state index < -0.39 is 0 Å². The highest BCUT2D eigenvalue weighted by Crippen LogP contribution is 2.34. The van der Waals surface area contributed by atoms with Crippen molar-refractivity contribution in [1.29, 1.82) is 0 Å². The summed E-state index contributed by atoms with van der Waals surface area (Å²) in [5.74, 6) is 0.777. The summed E-state index contributed by atoms with van der Waals surface area (Å²) >= 11 is 1.42. The molecule has 4 aromatic carbocycles. The van der Waals surface area contributed by atoms with Crippen LogP contribution in [0.25, 0.3) is 6.08 Å². The zero-order valence-corrected chi connectivity index (χ0v) is 21.5. The molecule has 0 radical (unpaired) electrons. The normalized spacial score (nSPS) is 15.5. The average Bonchev–Trinajstić information content (AvgIpc) is 3.22. The molecule has 4 nitrogen and oxygen atoms in total. The maximum atomic E-state index is 13.4. The van der Waals surface area contributed by atoms with Crippen LogP contribution in [0.15, 0.2) is 119 Å². The predicted molar refractivity (Wildman–Crippen MR) is 153 cm³/mol. The maximum absolute atomic E-state index is 13.4. The quantitative estimate of drug-likeness (QED) is 0.235. The minimum atomic E-state index is -0.0174. The first kappa shape index (κ1) is 24.6. The molecule has 0 aliphatic carbocycles. The van der Waals surface area contributed by atoms with Crippen molar-refractivity contribution in [2.24, 2.45) is 4.99 Å². The molecular formula is C32H28N2O2S. The second-order valence-corrected chi connectivity index (χ2v) is 9.89. The lowest BCUT2D eigenvalue weighted by Crippen LogP contribution is -2.31. The number of aliphatic imine (C=N–C) groups is 1. The number of thioether (sulfide) groups is 1. The van der Waals surface area contributed by atoms with E-state index in [9.17, 15) is 4.79 Å². The number of benzene rings is 4. The third kappa shape index (κ3) is 6.57. The van der Waals surface area contributed by atoms with Crippen LogP contribution >= 0.6 is 11.8 Å². The topological polar surface area (TPSA) is 41.9 Å². The maximum Gasteiger partial charge on any atom is 0.266 e. The molecule has 4 aromatic rings. The molecule has 0 saturated carbocycles. The molecule has 1 fully saturated rings. The van der Waals surface area contributed by atoms with Gasteiger partial charge in [-0.2, -0.15) is 0 Å². The van der Waals surface area contributed by atoms with Gasteiger partial charge >= 0.3 is 0 Å². The Bertz CT molecular complexity index is 1400. The zero-order valence-electron chi connectivity index (χ0n) is 20.7. The molecule has 0 atom stereocenters. The van der Waals surface area contributed by atoms with Gasteiger partial charge in [-0.3, -0.25) is 9.69 Å². The number of ether oxygens (including phenoxy) is 1. The molecule has 1 heterocycles. The highest BCUT2D eigenvalue weighted by molar-refractivity contribution is 8.18. The summed E-state index contributed by atoms with van der Waals surface area (Å²) in [7, 11) is 0. The number of nitrogens with zero attached hydrogens (tertiary/aromatic N) is 2. The van der Waals surface area contributed by atoms with Crippen molar-refractivity contribution < 1.29 is 9.53 Å². The van der Waals surface area contributed by atoms with Gasteiger partial charge in [-0.1, -0.05) is 90.5 Å². The molecule has 5 rings (SSSR count). The van der Waals surface area contributed by atoms with Gasteiger partial charge in [-0.05, 0) is 72.1 Å². The van der Waals surface area contributed by atoms with E-state index in [1.165, 1.54) is 22.9 Å². The predicted octanol–water partition coefficient (Wildman–Crippen LogP) is 7.42. The lowest BCUT2D eigenvalue weighted by atomic mass is 10.1. The zero-order chi connectivity index (χ0) is 25.5. The lowest BCUT2D eigenvalue weighted by molar-refractivity contribution is -0.122. The van der Waals surface area contributed by atoms with Crippen molar-refractivity contribution in [3.05, 3.63) is 136 Å². The van der Waals surface area contributed by atoms with Crippen LogP contribution in [0.5, 0.6) is 5.75 Å². The highest BCUT2D eigenvalue weighted by atomic mass is 32.2. The fraction of sp³-hybridized carbons (Fsp3) is 0.125. The van der Waals surface area contributed by atoms with E-state index in [1.54, 1.807) is 4.90 Å². The van der Waals surface area contributed by atoms with Crippen LogP contribution < -0.4 is 4.74 Å². The number of amides is 1. The van der Waals surface area contributed by atoms with E-state index in [0.717, 1.165) is 29.0 Å². The van der Waals surface area contributed by atoms with Gasteiger partial charge in [0.2, 0.25) is 0 Å². The van der Waals surface area contributed by atoms with Crippen LogP contribution in [0.1, 0.15) is 22.3 Å². The van der Waals surface area contributed by atoms with Gasteiger partial charge in [-0.15, -0.1) is 0 Å². The number of rotatable bonds is 8. The van der Waals surface area contributed by atoms with Crippen LogP contribution in [0.3, 0.4) is 0 Å². The first-order valence-corrected chi connectivity index (χ1v) is 13.1. The number of aryl methyl sites for hydroxylation is 1. The first-order valence-electron chi connectivity index (χ1n) is 12.3. The Morgan fingerprint density at radius 2 is 1.46 bits per heavy atom. The summed E-state index contributed by atoms with van der Waals surface area (Å²) in [5.41, 5.74) is 5.28. The first-order chi connectivity index (χ1) is 18.1. The van der Waals surface area contributed by atoms with E-state index in [0.29, 0.717) is 23.2 Å². The Balaban J connectivity index is 1.33. The molecule has 0 unspecified atom stereocenters. The van der Waals surface area contributed by atoms with E-state index >= 15 is 0 Å². The summed E-state index contributed by atoms with van der Waals surface area (Å²) in [6.07, 6.45) is 2.70. The van der Waals surface area contributed by atoms with Gasteiger partial charge in [0, 0.05) is 6.54 Å². The summed E-state index contributed by atoms with van der Waals surface area (Å²) in [5, 5.41) is 0.707. The second kappa shape index (κ2) is 11.8. The fourth-order valence-corrected chi connectivity index (χ4v) is 4.98. The smallest absolute Gasteiger partial charge is 0.266 e. The third-order valence-corrected chi connectivity index (χ3v) is 7.05. The van der Waals surface area contributed by atoms with Gasteiger partial charge in [0.1, 0.15) is 12.4 Å². The van der Waals surface area contributed by atoms with Gasteiger partial charge in [0.05, 0.1) is 10.6 Å². The SMILES string of the molecule is Cc1ccc(N=C2S/C(=C/c3ccc(OCc4ccccc4)cc3)C(=O)N2CCc2ccccc2)cc1. The number of hydrogen-bond acceptors (Lipinski definition) is 4. The Morgan fingerprint density at radius 3 is 2.14 bits per heavy atom. The average molecular weight is 505 g/mol. The molecule has 1 amide bonds. The molecule has 1 aliphatic rings. The monoisotopic (exact) mass is 504 g/mol. The summed E-state index contributed by atoms with van der Waals surface area (Å²) in [4.78, 5) is 20.7. The Kier molecular flexibility index (Phi) is 7.82.